The molecular formula is C15H24ClNO. The lowest BCUT2D eigenvalue weighted by molar-refractivity contribution is 0.195. The second kappa shape index (κ2) is 8.52. The fourth-order valence-corrected chi connectivity index (χ4v) is 2.01. The lowest BCUT2D eigenvalue weighted by Crippen LogP contribution is -2.20. The van der Waals surface area contributed by atoms with Crippen molar-refractivity contribution in [2.24, 2.45) is 0 Å². The molecule has 0 heterocycles. The van der Waals surface area contributed by atoms with E-state index in [1.165, 1.54) is 11.1 Å². The van der Waals surface area contributed by atoms with E-state index in [0.717, 1.165) is 19.5 Å². The number of ether oxygens (including phenoxy) is 1. The van der Waals surface area contributed by atoms with Gasteiger partial charge < -0.3 is 10.1 Å². The molecule has 1 N–H and O–H groups in total. The first-order valence-corrected chi connectivity index (χ1v) is 6.99. The molecule has 0 saturated heterocycles. The molecule has 0 fully saturated rings. The average molecular weight is 270 g/mol. The largest absolute Gasteiger partial charge is 0.383 e. The van der Waals surface area contributed by atoms with Gasteiger partial charge in [-0.3, -0.25) is 0 Å². The van der Waals surface area contributed by atoms with Crippen molar-refractivity contribution in [1.82, 2.24) is 5.32 Å². The molecule has 2 nitrogen and oxygen atoms in total. The maximum absolute atomic E-state index is 6.05. The molecule has 0 amide bonds. The van der Waals surface area contributed by atoms with Gasteiger partial charge in [0.05, 0.1) is 12.0 Å². The van der Waals surface area contributed by atoms with Crippen molar-refractivity contribution in [2.75, 3.05) is 20.3 Å². The van der Waals surface area contributed by atoms with Gasteiger partial charge in [-0.1, -0.05) is 38.1 Å². The van der Waals surface area contributed by atoms with Crippen molar-refractivity contribution in [3.8, 4) is 0 Å². The molecule has 0 aromatic heterocycles. The summed E-state index contributed by atoms with van der Waals surface area (Å²) in [5.41, 5.74) is 2.71. The third-order valence-corrected chi connectivity index (χ3v) is 3.30. The number of alkyl halides is 1. The van der Waals surface area contributed by atoms with Crippen LogP contribution in [0.5, 0.6) is 0 Å². The molecule has 3 heteroatoms. The molecule has 0 radical (unpaired) electrons. The Morgan fingerprint density at radius 1 is 1.22 bits per heavy atom. The fourth-order valence-electron chi connectivity index (χ4n) is 1.78. The molecule has 1 unspecified atom stereocenters. The van der Waals surface area contributed by atoms with E-state index in [1.807, 2.05) is 0 Å². The molecule has 1 aromatic carbocycles. The molecule has 0 aliphatic carbocycles. The first-order chi connectivity index (χ1) is 8.63. The first-order valence-electron chi connectivity index (χ1n) is 6.56. The first kappa shape index (κ1) is 15.5. The molecule has 0 aliphatic heterocycles. The van der Waals surface area contributed by atoms with Crippen LogP contribution in [0.25, 0.3) is 0 Å². The zero-order valence-electron chi connectivity index (χ0n) is 11.6. The van der Waals surface area contributed by atoms with Crippen molar-refractivity contribution >= 4 is 11.6 Å². The standard InChI is InChI=1S/C15H24ClNO/c1-12(2)14-6-4-13(5-7-14)10-17-9-8-15(16)11-18-3/h4-7,12,15,17H,8-11H2,1-3H3. The molecule has 18 heavy (non-hydrogen) atoms. The normalized spacial score (nSPS) is 12.9. The Bertz CT molecular complexity index is 324. The van der Waals surface area contributed by atoms with Crippen molar-refractivity contribution in [1.29, 1.82) is 0 Å². The number of hydrogen-bond donors (Lipinski definition) is 1. The van der Waals surface area contributed by atoms with Gasteiger partial charge in [0.25, 0.3) is 0 Å². The lowest BCUT2D eigenvalue weighted by atomic mass is 10.0. The molecule has 1 atom stereocenters. The van der Waals surface area contributed by atoms with E-state index < -0.39 is 0 Å². The van der Waals surface area contributed by atoms with Gasteiger partial charge in [-0.15, -0.1) is 11.6 Å². The summed E-state index contributed by atoms with van der Waals surface area (Å²) in [5, 5.41) is 3.50. The molecule has 1 rings (SSSR count). The summed E-state index contributed by atoms with van der Waals surface area (Å²) in [7, 11) is 1.68. The van der Waals surface area contributed by atoms with Gasteiger partial charge >= 0.3 is 0 Å². The van der Waals surface area contributed by atoms with Crippen LogP contribution in [-0.2, 0) is 11.3 Å². The van der Waals surface area contributed by atoms with E-state index in [0.29, 0.717) is 12.5 Å². The van der Waals surface area contributed by atoms with Crippen molar-refractivity contribution in [2.45, 2.75) is 38.1 Å². The van der Waals surface area contributed by atoms with Crippen molar-refractivity contribution in [3.05, 3.63) is 35.4 Å². The summed E-state index contributed by atoms with van der Waals surface area (Å²) in [6.07, 6.45) is 0.930. The van der Waals surface area contributed by atoms with Crippen LogP contribution in [0.3, 0.4) is 0 Å². The predicted octanol–water partition coefficient (Wildman–Crippen LogP) is 3.54. The summed E-state index contributed by atoms with van der Waals surface area (Å²) in [6, 6.07) is 8.79. The lowest BCUT2D eigenvalue weighted by Gasteiger charge is -2.10. The highest BCUT2D eigenvalue weighted by Crippen LogP contribution is 2.14. The Kier molecular flexibility index (Phi) is 7.33. The van der Waals surface area contributed by atoms with Crippen LogP contribution < -0.4 is 5.32 Å². The number of rotatable bonds is 8. The minimum Gasteiger partial charge on any atom is -0.383 e. The average Bonchev–Trinajstić information content (AvgIpc) is 2.35. The van der Waals surface area contributed by atoms with E-state index in [1.54, 1.807) is 7.11 Å². The van der Waals surface area contributed by atoms with Gasteiger partial charge in [0.15, 0.2) is 0 Å². The highest BCUT2D eigenvalue weighted by Gasteiger charge is 2.03. The molecule has 102 valence electrons. The summed E-state index contributed by atoms with van der Waals surface area (Å²) in [5.74, 6) is 0.595. The summed E-state index contributed by atoms with van der Waals surface area (Å²) >= 11 is 6.05. The highest BCUT2D eigenvalue weighted by molar-refractivity contribution is 6.20. The second-order valence-electron chi connectivity index (χ2n) is 4.91. The molecule has 0 bridgehead atoms. The molecule has 0 aliphatic rings. The van der Waals surface area contributed by atoms with E-state index in [-0.39, 0.29) is 5.38 Å². The van der Waals surface area contributed by atoms with Gasteiger partial charge in [0.2, 0.25) is 0 Å². The van der Waals surface area contributed by atoms with Gasteiger partial charge in [-0.05, 0) is 30.0 Å². The minimum atomic E-state index is 0.103. The Labute approximate surface area is 116 Å². The monoisotopic (exact) mass is 269 g/mol. The van der Waals surface area contributed by atoms with Crippen LogP contribution in [0, 0.1) is 0 Å². The van der Waals surface area contributed by atoms with Crippen LogP contribution in [0.1, 0.15) is 37.3 Å². The van der Waals surface area contributed by atoms with Crippen LogP contribution >= 0.6 is 11.6 Å². The zero-order chi connectivity index (χ0) is 13.4. The Morgan fingerprint density at radius 2 is 1.89 bits per heavy atom. The maximum Gasteiger partial charge on any atom is 0.0626 e. The highest BCUT2D eigenvalue weighted by atomic mass is 35.5. The van der Waals surface area contributed by atoms with E-state index in [9.17, 15) is 0 Å². The predicted molar refractivity (Wildman–Crippen MR) is 78.4 cm³/mol. The smallest absolute Gasteiger partial charge is 0.0626 e. The van der Waals surface area contributed by atoms with Gasteiger partial charge in [0, 0.05) is 13.7 Å². The third-order valence-electron chi connectivity index (χ3n) is 2.96. The number of methoxy groups -OCH3 is 1. The SMILES string of the molecule is COCC(Cl)CCNCc1ccc(C(C)C)cc1. The zero-order valence-corrected chi connectivity index (χ0v) is 12.3. The number of halogens is 1. The Balaban J connectivity index is 2.23. The van der Waals surface area contributed by atoms with Gasteiger partial charge in [0.1, 0.15) is 0 Å². The summed E-state index contributed by atoms with van der Waals surface area (Å²) in [6.45, 7) is 6.86. The Hall–Kier alpha value is -0.570. The summed E-state index contributed by atoms with van der Waals surface area (Å²) in [4.78, 5) is 0. The van der Waals surface area contributed by atoms with Crippen LogP contribution in [-0.4, -0.2) is 25.6 Å². The van der Waals surface area contributed by atoms with Crippen LogP contribution in [0.4, 0.5) is 0 Å². The van der Waals surface area contributed by atoms with E-state index >= 15 is 0 Å². The topological polar surface area (TPSA) is 21.3 Å². The van der Waals surface area contributed by atoms with E-state index in [2.05, 4.69) is 43.4 Å². The molecule has 1 aromatic rings. The van der Waals surface area contributed by atoms with Gasteiger partial charge in [-0.2, -0.15) is 0 Å². The Morgan fingerprint density at radius 3 is 2.44 bits per heavy atom. The number of benzene rings is 1. The van der Waals surface area contributed by atoms with Crippen LogP contribution in [0.2, 0.25) is 0 Å². The minimum absolute atomic E-state index is 0.103. The van der Waals surface area contributed by atoms with E-state index in [4.69, 9.17) is 16.3 Å². The van der Waals surface area contributed by atoms with Crippen molar-refractivity contribution < 1.29 is 4.74 Å². The number of nitrogens with one attached hydrogen (secondary N) is 1. The van der Waals surface area contributed by atoms with Crippen LogP contribution in [0.15, 0.2) is 24.3 Å². The maximum atomic E-state index is 6.05. The van der Waals surface area contributed by atoms with Crippen molar-refractivity contribution in [3.63, 3.8) is 0 Å². The molecule has 0 spiro atoms. The molecular weight excluding hydrogens is 246 g/mol. The molecule has 0 saturated carbocycles. The number of hydrogen-bond acceptors (Lipinski definition) is 2. The second-order valence-corrected chi connectivity index (χ2v) is 5.53. The summed E-state index contributed by atoms with van der Waals surface area (Å²) < 4.78 is 4.99. The third kappa shape index (κ3) is 5.85. The fraction of sp³-hybridized carbons (Fsp3) is 0.600. The van der Waals surface area contributed by atoms with Gasteiger partial charge in [-0.25, -0.2) is 0 Å². The quantitative estimate of drug-likeness (QED) is 0.576.